The van der Waals surface area contributed by atoms with Crippen LogP contribution >= 0.6 is 15.9 Å². The number of allylic oxidation sites excluding steroid dienone is 3. The Morgan fingerprint density at radius 1 is 1.32 bits per heavy atom. The molecule has 0 radical (unpaired) electrons. The van der Waals surface area contributed by atoms with E-state index in [1.807, 2.05) is 13.0 Å². The number of aromatic nitrogens is 1. The van der Waals surface area contributed by atoms with Gasteiger partial charge in [-0.05, 0) is 70.3 Å². The van der Waals surface area contributed by atoms with Crippen LogP contribution in [0.4, 0.5) is 5.82 Å². The SMILES string of the molecule is COc1cc(C=C2C(C)=C(C#N)c3[nH+]c(N)c(C#N)c(C)c32)cc(Br)c1OCC(=O)[O-]. The van der Waals surface area contributed by atoms with Gasteiger partial charge in [0.2, 0.25) is 0 Å². The van der Waals surface area contributed by atoms with Crippen LogP contribution in [0.2, 0.25) is 0 Å². The number of aromatic amines is 1. The third-order valence-corrected chi connectivity index (χ3v) is 5.54. The fourth-order valence-corrected chi connectivity index (χ4v) is 4.11. The number of fused-ring (bicyclic) bond motifs is 1. The second-order valence-electron chi connectivity index (χ2n) is 6.77. The van der Waals surface area contributed by atoms with Crippen molar-refractivity contribution in [3.05, 3.63) is 50.1 Å². The molecule has 156 valence electrons. The van der Waals surface area contributed by atoms with Crippen molar-refractivity contribution in [2.24, 2.45) is 0 Å². The summed E-state index contributed by atoms with van der Waals surface area (Å²) in [6.45, 7) is 2.99. The first kappa shape index (κ1) is 21.9. The number of H-pyrrole nitrogens is 1. The zero-order valence-corrected chi connectivity index (χ0v) is 18.5. The van der Waals surface area contributed by atoms with Gasteiger partial charge >= 0.3 is 0 Å². The molecule has 2 aromatic rings. The normalized spacial score (nSPS) is 13.5. The molecule has 0 saturated carbocycles. The number of carboxylic acids is 1. The molecule has 9 heteroatoms. The Labute approximate surface area is 187 Å². The summed E-state index contributed by atoms with van der Waals surface area (Å²) in [4.78, 5) is 13.7. The van der Waals surface area contributed by atoms with Gasteiger partial charge in [0.15, 0.2) is 17.2 Å². The molecule has 0 saturated heterocycles. The molecule has 1 aliphatic rings. The zero-order chi connectivity index (χ0) is 22.9. The molecule has 0 unspecified atom stereocenters. The number of nitrogens with zero attached hydrogens (tertiary/aromatic N) is 2. The van der Waals surface area contributed by atoms with Crippen LogP contribution in [0.25, 0.3) is 17.2 Å². The van der Waals surface area contributed by atoms with Gasteiger partial charge in [-0.2, -0.15) is 10.5 Å². The molecule has 8 nitrogen and oxygen atoms in total. The van der Waals surface area contributed by atoms with E-state index in [0.29, 0.717) is 38.2 Å². The summed E-state index contributed by atoms with van der Waals surface area (Å²) >= 11 is 3.38. The summed E-state index contributed by atoms with van der Waals surface area (Å²) in [6.07, 6.45) is 1.85. The summed E-state index contributed by atoms with van der Waals surface area (Å²) < 4.78 is 11.1. The highest BCUT2D eigenvalue weighted by molar-refractivity contribution is 9.10. The number of nitrogen functional groups attached to an aromatic ring is 1. The number of methoxy groups -OCH3 is 1. The molecule has 3 rings (SSSR count). The number of nitrogens with two attached hydrogens (primary N) is 1. The maximum atomic E-state index is 10.7. The fraction of sp³-hybridized carbons (Fsp3) is 0.182. The van der Waals surface area contributed by atoms with Crippen molar-refractivity contribution in [2.45, 2.75) is 13.8 Å². The van der Waals surface area contributed by atoms with Crippen molar-refractivity contribution >= 4 is 44.9 Å². The number of hydrogen-bond donors (Lipinski definition) is 1. The lowest BCUT2D eigenvalue weighted by Crippen LogP contribution is -2.29. The highest BCUT2D eigenvalue weighted by Crippen LogP contribution is 2.44. The Bertz CT molecular complexity index is 1270. The lowest BCUT2D eigenvalue weighted by Gasteiger charge is -2.14. The number of nitriles is 2. The van der Waals surface area contributed by atoms with E-state index in [9.17, 15) is 20.4 Å². The first-order valence-corrected chi connectivity index (χ1v) is 9.82. The lowest BCUT2D eigenvalue weighted by atomic mass is 9.95. The molecule has 0 spiro atoms. The smallest absolute Gasteiger partial charge is 0.289 e. The van der Waals surface area contributed by atoms with E-state index in [1.54, 1.807) is 19.1 Å². The average molecular weight is 481 g/mol. The van der Waals surface area contributed by atoms with Crippen LogP contribution in [0.15, 0.2) is 22.2 Å². The van der Waals surface area contributed by atoms with Gasteiger partial charge in [-0.1, -0.05) is 0 Å². The van der Waals surface area contributed by atoms with E-state index < -0.39 is 12.6 Å². The van der Waals surface area contributed by atoms with Crippen LogP contribution < -0.4 is 25.3 Å². The molecule has 0 amide bonds. The summed E-state index contributed by atoms with van der Waals surface area (Å²) in [7, 11) is 1.44. The van der Waals surface area contributed by atoms with Crippen LogP contribution in [-0.2, 0) is 4.79 Å². The number of rotatable bonds is 5. The van der Waals surface area contributed by atoms with Gasteiger partial charge in [0, 0.05) is 5.56 Å². The maximum absolute atomic E-state index is 10.7. The van der Waals surface area contributed by atoms with E-state index in [2.05, 4.69) is 33.1 Å². The Hall–Kier alpha value is -3.82. The van der Waals surface area contributed by atoms with Gasteiger partial charge in [-0.3, -0.25) is 5.73 Å². The number of nitrogens with one attached hydrogen (secondary N) is 1. The van der Waals surface area contributed by atoms with Crippen molar-refractivity contribution in [3.8, 4) is 23.6 Å². The van der Waals surface area contributed by atoms with Crippen molar-refractivity contribution in [3.63, 3.8) is 0 Å². The molecule has 0 aliphatic heterocycles. The van der Waals surface area contributed by atoms with E-state index in [4.69, 9.17) is 15.2 Å². The van der Waals surface area contributed by atoms with Crippen LogP contribution in [0.3, 0.4) is 0 Å². The highest BCUT2D eigenvalue weighted by atomic mass is 79.9. The van der Waals surface area contributed by atoms with E-state index in [0.717, 1.165) is 16.7 Å². The second kappa shape index (κ2) is 8.50. The van der Waals surface area contributed by atoms with Crippen LogP contribution in [0, 0.1) is 29.6 Å². The third-order valence-electron chi connectivity index (χ3n) is 4.95. The van der Waals surface area contributed by atoms with Gasteiger partial charge in [-0.15, -0.1) is 0 Å². The number of hydrogen-bond acceptors (Lipinski definition) is 7. The van der Waals surface area contributed by atoms with Gasteiger partial charge in [0.25, 0.3) is 5.82 Å². The minimum atomic E-state index is -1.35. The number of carbonyl (C=O) groups is 1. The molecule has 1 heterocycles. The number of aliphatic carboxylic acids is 1. The Morgan fingerprint density at radius 2 is 2.03 bits per heavy atom. The fourth-order valence-electron chi connectivity index (χ4n) is 3.53. The maximum Gasteiger partial charge on any atom is 0.289 e. The lowest BCUT2D eigenvalue weighted by molar-refractivity contribution is -0.364. The molecule has 1 aromatic carbocycles. The van der Waals surface area contributed by atoms with Crippen LogP contribution in [-0.4, -0.2) is 19.7 Å². The van der Waals surface area contributed by atoms with Crippen molar-refractivity contribution in [2.75, 3.05) is 19.5 Å². The zero-order valence-electron chi connectivity index (χ0n) is 16.9. The van der Waals surface area contributed by atoms with Gasteiger partial charge in [0.1, 0.15) is 29.9 Å². The second-order valence-corrected chi connectivity index (χ2v) is 7.62. The number of halogens is 1. The van der Waals surface area contributed by atoms with Crippen LogP contribution in [0.5, 0.6) is 11.5 Å². The predicted molar refractivity (Wildman–Crippen MR) is 114 cm³/mol. The van der Waals surface area contributed by atoms with Crippen molar-refractivity contribution in [1.82, 2.24) is 0 Å². The molecule has 0 atom stereocenters. The molecule has 1 aliphatic carbocycles. The molecule has 31 heavy (non-hydrogen) atoms. The Balaban J connectivity index is 2.21. The first-order chi connectivity index (χ1) is 14.7. The minimum absolute atomic E-state index is 0.208. The molecular formula is C22H17BrN4O4. The molecule has 1 aromatic heterocycles. The average Bonchev–Trinajstić information content (AvgIpc) is 2.97. The molecule has 3 N–H and O–H groups in total. The Morgan fingerprint density at radius 3 is 2.61 bits per heavy atom. The molecule has 0 fully saturated rings. The van der Waals surface area contributed by atoms with Crippen LogP contribution in [0.1, 0.15) is 34.9 Å². The predicted octanol–water partition coefficient (Wildman–Crippen LogP) is 2.01. The largest absolute Gasteiger partial charge is 0.546 e. The molecular weight excluding hydrogens is 464 g/mol. The summed E-state index contributed by atoms with van der Waals surface area (Å²) in [5.74, 6) is -0.595. The first-order valence-electron chi connectivity index (χ1n) is 9.02. The highest BCUT2D eigenvalue weighted by Gasteiger charge is 2.32. The minimum Gasteiger partial charge on any atom is -0.546 e. The van der Waals surface area contributed by atoms with Gasteiger partial charge in [-0.25, -0.2) is 4.98 Å². The third kappa shape index (κ3) is 3.83. The number of pyridine rings is 1. The van der Waals surface area contributed by atoms with E-state index in [1.165, 1.54) is 7.11 Å². The van der Waals surface area contributed by atoms with Gasteiger partial charge in [0.05, 0.1) is 17.6 Å². The van der Waals surface area contributed by atoms with Gasteiger partial charge < -0.3 is 19.4 Å². The number of carbonyl (C=O) groups excluding carboxylic acids is 1. The van der Waals surface area contributed by atoms with E-state index >= 15 is 0 Å². The number of ether oxygens (including phenoxy) is 2. The summed E-state index contributed by atoms with van der Waals surface area (Å²) in [5, 5.41) is 29.9. The topological polar surface area (TPSA) is 146 Å². The summed E-state index contributed by atoms with van der Waals surface area (Å²) in [6, 6.07) is 7.72. The number of anilines is 1. The van der Waals surface area contributed by atoms with E-state index in [-0.39, 0.29) is 11.6 Å². The van der Waals surface area contributed by atoms with Crippen molar-refractivity contribution < 1.29 is 24.4 Å². The molecule has 0 bridgehead atoms. The Kier molecular flexibility index (Phi) is 6.00. The summed E-state index contributed by atoms with van der Waals surface area (Å²) in [5.41, 5.74) is 10.9. The monoisotopic (exact) mass is 480 g/mol. The number of carboxylic acid groups (broad SMARTS) is 1. The number of benzene rings is 1. The quantitative estimate of drug-likeness (QED) is 0.687. The standard InChI is InChI=1S/C22H17BrN4O4/c1-10-13(19-11(2)15(8-25)22(26)27-20(19)14(10)7-24)4-12-5-16(23)21(17(6-12)30-3)31-9-18(28)29/h4-6H,9H2,1-3H3,(H2,26,27)(H,28,29). The van der Waals surface area contributed by atoms with Crippen molar-refractivity contribution in [1.29, 1.82) is 10.5 Å².